The van der Waals surface area contributed by atoms with Gasteiger partial charge in [0.25, 0.3) is 0 Å². The highest BCUT2D eigenvalue weighted by Gasteiger charge is 2.32. The van der Waals surface area contributed by atoms with E-state index in [2.05, 4.69) is 4.72 Å². The lowest BCUT2D eigenvalue weighted by Crippen LogP contribution is -2.42. The molecule has 1 atom stereocenters. The number of nitrogens with zero attached hydrogens (tertiary/aromatic N) is 1. The Morgan fingerprint density at radius 2 is 2.23 bits per heavy atom. The van der Waals surface area contributed by atoms with Crippen molar-refractivity contribution in [2.75, 3.05) is 13.2 Å². The van der Waals surface area contributed by atoms with Crippen LogP contribution in [0.1, 0.15) is 13.8 Å². The van der Waals surface area contributed by atoms with Crippen LogP contribution in [0.2, 0.25) is 0 Å². The summed E-state index contributed by atoms with van der Waals surface area (Å²) in [6.45, 7) is 3.44. The Bertz CT molecular complexity index is 264. The van der Waals surface area contributed by atoms with Gasteiger partial charge in [-0.1, -0.05) is 4.47 Å². The number of hydrogen-bond donors (Lipinski definition) is 2. The van der Waals surface area contributed by atoms with Gasteiger partial charge in [-0.2, -0.15) is 13.1 Å². The second-order valence-electron chi connectivity index (χ2n) is 3.21. The van der Waals surface area contributed by atoms with Crippen LogP contribution in [0.15, 0.2) is 0 Å². The highest BCUT2D eigenvalue weighted by molar-refractivity contribution is 7.87. The van der Waals surface area contributed by atoms with Crippen molar-refractivity contribution in [2.24, 2.45) is 0 Å². The molecular weight excluding hydrogens is 196 g/mol. The SMILES string of the molecule is CC(C)NS(=O)(=O)N1CC(O)CO1. The van der Waals surface area contributed by atoms with E-state index >= 15 is 0 Å². The fraction of sp³-hybridized carbons (Fsp3) is 1.00. The summed E-state index contributed by atoms with van der Waals surface area (Å²) in [5.74, 6) is 0. The van der Waals surface area contributed by atoms with E-state index in [4.69, 9.17) is 9.94 Å². The van der Waals surface area contributed by atoms with Crippen molar-refractivity contribution in [3.63, 3.8) is 0 Å². The average Bonchev–Trinajstić information content (AvgIpc) is 2.32. The van der Waals surface area contributed by atoms with Gasteiger partial charge in [-0.05, 0) is 13.8 Å². The number of hydrogen-bond acceptors (Lipinski definition) is 4. The van der Waals surface area contributed by atoms with Gasteiger partial charge in [-0.25, -0.2) is 0 Å². The van der Waals surface area contributed by atoms with Crippen LogP contribution < -0.4 is 4.72 Å². The third kappa shape index (κ3) is 2.89. The summed E-state index contributed by atoms with van der Waals surface area (Å²) in [6, 6.07) is -0.189. The van der Waals surface area contributed by atoms with Gasteiger partial charge >= 0.3 is 10.2 Å². The molecule has 0 spiro atoms. The highest BCUT2D eigenvalue weighted by Crippen LogP contribution is 2.09. The van der Waals surface area contributed by atoms with Gasteiger partial charge in [0.15, 0.2) is 0 Å². The molecule has 0 radical (unpaired) electrons. The van der Waals surface area contributed by atoms with Crippen molar-refractivity contribution in [1.82, 2.24) is 9.19 Å². The molecule has 0 aliphatic carbocycles. The van der Waals surface area contributed by atoms with Gasteiger partial charge in [-0.15, -0.1) is 0 Å². The Hall–Kier alpha value is -0.210. The van der Waals surface area contributed by atoms with E-state index in [1.165, 1.54) is 0 Å². The van der Waals surface area contributed by atoms with E-state index in [-0.39, 0.29) is 19.2 Å². The Labute approximate surface area is 77.6 Å². The molecule has 13 heavy (non-hydrogen) atoms. The predicted octanol–water partition coefficient (Wildman–Crippen LogP) is -1.16. The summed E-state index contributed by atoms with van der Waals surface area (Å²) in [4.78, 5) is 4.76. The average molecular weight is 210 g/mol. The van der Waals surface area contributed by atoms with E-state index in [1.807, 2.05) is 0 Å². The normalized spacial score (nSPS) is 25.7. The molecule has 78 valence electrons. The molecule has 0 aromatic heterocycles. The fourth-order valence-corrected chi connectivity index (χ4v) is 2.25. The molecule has 1 heterocycles. The van der Waals surface area contributed by atoms with Crippen LogP contribution in [-0.2, 0) is 15.0 Å². The summed E-state index contributed by atoms with van der Waals surface area (Å²) in [6.07, 6.45) is -0.733. The van der Waals surface area contributed by atoms with Crippen molar-refractivity contribution in [3.8, 4) is 0 Å². The third-order valence-electron chi connectivity index (χ3n) is 1.42. The molecule has 7 heteroatoms. The van der Waals surface area contributed by atoms with E-state index in [1.54, 1.807) is 13.8 Å². The first-order chi connectivity index (χ1) is 5.92. The maximum absolute atomic E-state index is 11.4. The molecule has 1 saturated heterocycles. The Balaban J connectivity index is 2.60. The van der Waals surface area contributed by atoms with Gasteiger partial charge in [0, 0.05) is 6.04 Å². The molecule has 1 aliphatic rings. The van der Waals surface area contributed by atoms with Crippen LogP contribution in [0.4, 0.5) is 0 Å². The van der Waals surface area contributed by atoms with Crippen LogP contribution >= 0.6 is 0 Å². The summed E-state index contributed by atoms with van der Waals surface area (Å²) in [5, 5.41) is 9.04. The van der Waals surface area contributed by atoms with Gasteiger partial charge in [0.2, 0.25) is 0 Å². The summed E-state index contributed by atoms with van der Waals surface area (Å²) in [7, 11) is -3.59. The van der Waals surface area contributed by atoms with Crippen LogP contribution in [0, 0.1) is 0 Å². The number of rotatable bonds is 3. The zero-order valence-corrected chi connectivity index (χ0v) is 8.41. The molecule has 0 saturated carbocycles. The number of aliphatic hydroxyl groups excluding tert-OH is 1. The highest BCUT2D eigenvalue weighted by atomic mass is 32.2. The molecule has 1 rings (SSSR count). The predicted molar refractivity (Wildman–Crippen MR) is 45.9 cm³/mol. The minimum absolute atomic E-state index is 0.0119. The van der Waals surface area contributed by atoms with Crippen LogP contribution in [-0.4, -0.2) is 43.3 Å². The lowest BCUT2D eigenvalue weighted by atomic mass is 10.4. The topological polar surface area (TPSA) is 78.9 Å². The van der Waals surface area contributed by atoms with Gasteiger partial charge in [0.05, 0.1) is 19.3 Å². The minimum atomic E-state index is -3.59. The van der Waals surface area contributed by atoms with E-state index in [0.717, 1.165) is 4.47 Å². The lowest BCUT2D eigenvalue weighted by Gasteiger charge is -2.16. The second kappa shape index (κ2) is 3.89. The molecule has 2 N–H and O–H groups in total. The fourth-order valence-electron chi connectivity index (χ4n) is 0.971. The van der Waals surface area contributed by atoms with Crippen LogP contribution in [0.5, 0.6) is 0 Å². The van der Waals surface area contributed by atoms with Crippen LogP contribution in [0.3, 0.4) is 0 Å². The summed E-state index contributed by atoms with van der Waals surface area (Å²) in [5.41, 5.74) is 0. The Morgan fingerprint density at radius 1 is 1.62 bits per heavy atom. The smallest absolute Gasteiger partial charge is 0.301 e. The third-order valence-corrected chi connectivity index (χ3v) is 2.98. The molecule has 0 aromatic rings. The molecule has 0 bridgehead atoms. The molecule has 6 nitrogen and oxygen atoms in total. The molecule has 1 aliphatic heterocycles. The summed E-state index contributed by atoms with van der Waals surface area (Å²) >= 11 is 0. The van der Waals surface area contributed by atoms with Gasteiger partial charge in [0.1, 0.15) is 0 Å². The molecule has 0 aromatic carbocycles. The first-order valence-corrected chi connectivity index (χ1v) is 5.47. The maximum Gasteiger partial charge on any atom is 0.301 e. The Morgan fingerprint density at radius 3 is 2.62 bits per heavy atom. The quantitative estimate of drug-likeness (QED) is 0.615. The zero-order chi connectivity index (χ0) is 10.1. The number of hydroxylamine groups is 1. The zero-order valence-electron chi connectivity index (χ0n) is 7.60. The van der Waals surface area contributed by atoms with Crippen LogP contribution in [0.25, 0.3) is 0 Å². The molecule has 0 amide bonds. The standard InChI is InChI=1S/C6H14N2O4S/c1-5(2)7-13(10,11)8-3-6(9)4-12-8/h5-7,9H,3-4H2,1-2H3. The van der Waals surface area contributed by atoms with Crippen molar-refractivity contribution < 1.29 is 18.4 Å². The van der Waals surface area contributed by atoms with E-state index in [9.17, 15) is 8.42 Å². The van der Waals surface area contributed by atoms with Crippen molar-refractivity contribution >= 4 is 10.2 Å². The van der Waals surface area contributed by atoms with Gasteiger partial charge in [-0.3, -0.25) is 4.84 Å². The Kier molecular flexibility index (Phi) is 3.25. The van der Waals surface area contributed by atoms with E-state index in [0.29, 0.717) is 0 Å². The first kappa shape index (κ1) is 10.9. The minimum Gasteiger partial charge on any atom is -0.389 e. The first-order valence-electron chi connectivity index (χ1n) is 4.03. The molecule has 1 unspecified atom stereocenters. The van der Waals surface area contributed by atoms with E-state index < -0.39 is 16.3 Å². The number of β-amino-alcohol motifs (C(OH)–C–C–N with tert-alkyl or cyclic N) is 1. The van der Waals surface area contributed by atoms with Crippen molar-refractivity contribution in [3.05, 3.63) is 0 Å². The largest absolute Gasteiger partial charge is 0.389 e. The number of nitrogens with one attached hydrogen (secondary N) is 1. The van der Waals surface area contributed by atoms with Gasteiger partial charge < -0.3 is 5.11 Å². The monoisotopic (exact) mass is 210 g/mol. The number of aliphatic hydroxyl groups is 1. The van der Waals surface area contributed by atoms with Crippen molar-refractivity contribution in [2.45, 2.75) is 26.0 Å². The van der Waals surface area contributed by atoms with Crippen molar-refractivity contribution in [1.29, 1.82) is 0 Å². The lowest BCUT2D eigenvalue weighted by molar-refractivity contribution is -0.0330. The summed E-state index contributed by atoms with van der Waals surface area (Å²) < 4.78 is 25.9. The second-order valence-corrected chi connectivity index (χ2v) is 4.81. The maximum atomic E-state index is 11.4. The molecular formula is C6H14N2O4S. The molecule has 1 fully saturated rings.